The second kappa shape index (κ2) is 10.5. The summed E-state index contributed by atoms with van der Waals surface area (Å²) in [4.78, 5) is 21.3. The number of aromatic nitrogens is 4. The van der Waals surface area contributed by atoms with E-state index in [4.69, 9.17) is 20.2 Å². The van der Waals surface area contributed by atoms with Crippen LogP contribution in [0.4, 0.5) is 33.6 Å². The van der Waals surface area contributed by atoms with Crippen molar-refractivity contribution < 1.29 is 31.4 Å². The number of nitrogens with zero attached hydrogens (tertiary/aromatic N) is 6. The molecule has 3 saturated heterocycles. The van der Waals surface area contributed by atoms with Crippen molar-refractivity contribution in [3.63, 3.8) is 0 Å². The molecule has 0 amide bonds. The molecule has 10 nitrogen and oxygen atoms in total. The molecular formula is C29H33F5N8O2. The van der Waals surface area contributed by atoms with E-state index >= 15 is 4.39 Å². The maximum Gasteiger partial charge on any atom is 0.418 e. The maximum atomic E-state index is 16.6. The van der Waals surface area contributed by atoms with Crippen LogP contribution in [0.25, 0.3) is 22.3 Å². The number of anilines is 2. The van der Waals surface area contributed by atoms with Crippen LogP contribution in [0.3, 0.4) is 0 Å². The van der Waals surface area contributed by atoms with E-state index in [0.717, 1.165) is 37.9 Å². The number of fused-ring (bicyclic) bond motifs is 3. The Hall–Kier alpha value is -3.59. The minimum absolute atomic E-state index is 0.0925. The highest BCUT2D eigenvalue weighted by Gasteiger charge is 2.49. The van der Waals surface area contributed by atoms with Gasteiger partial charge in [0.2, 0.25) is 5.88 Å². The quantitative estimate of drug-likeness (QED) is 0.404. The van der Waals surface area contributed by atoms with E-state index in [1.54, 1.807) is 0 Å². The lowest BCUT2D eigenvalue weighted by Gasteiger charge is -2.42. The lowest BCUT2D eigenvalue weighted by Crippen LogP contribution is -2.60. The van der Waals surface area contributed by atoms with Crippen LogP contribution < -0.4 is 25.4 Å². The fourth-order valence-corrected chi connectivity index (χ4v) is 7.17. The number of nitrogen functional groups attached to an aromatic ring is 1. The second-order valence-corrected chi connectivity index (χ2v) is 12.2. The molecule has 7 heterocycles. The van der Waals surface area contributed by atoms with Crippen LogP contribution in [-0.4, -0.2) is 87.5 Å². The average Bonchev–Trinajstić information content (AvgIpc) is 3.48. The summed E-state index contributed by atoms with van der Waals surface area (Å²) in [6, 6.07) is 1.43. The van der Waals surface area contributed by atoms with Gasteiger partial charge in [0.15, 0.2) is 5.82 Å². The van der Waals surface area contributed by atoms with Gasteiger partial charge in [0.05, 0.1) is 17.1 Å². The minimum atomic E-state index is -4.87. The average molecular weight is 621 g/mol. The summed E-state index contributed by atoms with van der Waals surface area (Å²) in [5.41, 5.74) is 2.25. The van der Waals surface area contributed by atoms with Crippen LogP contribution in [0, 0.1) is 5.82 Å². The van der Waals surface area contributed by atoms with Gasteiger partial charge in [0, 0.05) is 32.1 Å². The molecule has 0 radical (unpaired) electrons. The van der Waals surface area contributed by atoms with Crippen molar-refractivity contribution in [3.05, 3.63) is 23.5 Å². The van der Waals surface area contributed by atoms with Crippen LogP contribution >= 0.6 is 0 Å². The van der Waals surface area contributed by atoms with Gasteiger partial charge in [-0.2, -0.15) is 23.1 Å². The molecule has 4 aliphatic rings. The molecule has 5 atom stereocenters. The third-order valence-corrected chi connectivity index (χ3v) is 9.43. The Bertz CT molecular complexity index is 1610. The molecule has 236 valence electrons. The summed E-state index contributed by atoms with van der Waals surface area (Å²) < 4.78 is 85.5. The molecular weight excluding hydrogens is 587 g/mol. The number of rotatable bonds is 5. The van der Waals surface area contributed by atoms with Crippen molar-refractivity contribution in [2.75, 3.05) is 43.4 Å². The van der Waals surface area contributed by atoms with Crippen molar-refractivity contribution in [3.8, 4) is 23.3 Å². The third-order valence-electron chi connectivity index (χ3n) is 9.43. The molecule has 3 fully saturated rings. The number of nitrogens with one attached hydrogen (secondary N) is 1. The highest BCUT2D eigenvalue weighted by atomic mass is 19.4. The molecule has 0 aliphatic carbocycles. The molecule has 0 spiro atoms. The zero-order valence-electron chi connectivity index (χ0n) is 24.3. The number of nitrogens with two attached hydrogens (primary N) is 1. The summed E-state index contributed by atoms with van der Waals surface area (Å²) in [6.45, 7) is 6.07. The van der Waals surface area contributed by atoms with E-state index < -0.39 is 46.8 Å². The summed E-state index contributed by atoms with van der Waals surface area (Å²) >= 11 is 0. The van der Waals surface area contributed by atoms with Crippen molar-refractivity contribution in [1.29, 1.82) is 0 Å². The standard InChI is InChI=1S/C29H33F5N8O2/c1-3-16-12-42-18(10-36-16)14(2)44-26-20-23(21(31)24(38-26)22-17(29(32,33)34)5-6-19(35)37-22)39-27(40-25(20)42)43-13-28-7-4-8-41(28)11-15(30)9-28/h5-6,14-16,18,36H,3-4,7-13H2,1-2H3,(H2,35,37)/t14-,15+,16+,18-,28-/m0/s1. The molecule has 3 N–H and O–H groups in total. The number of alkyl halides is 4. The smallest absolute Gasteiger partial charge is 0.418 e. The number of hydrogen-bond acceptors (Lipinski definition) is 10. The molecule has 0 aromatic carbocycles. The van der Waals surface area contributed by atoms with E-state index in [-0.39, 0.29) is 47.3 Å². The Morgan fingerprint density at radius 2 is 1.98 bits per heavy atom. The number of halogens is 5. The van der Waals surface area contributed by atoms with Crippen LogP contribution in [0.15, 0.2) is 12.1 Å². The topological polar surface area (TPSA) is 115 Å². The molecule has 3 aromatic rings. The normalized spacial score (nSPS) is 28.5. The van der Waals surface area contributed by atoms with Crippen LogP contribution in [0.1, 0.15) is 45.1 Å². The predicted octanol–water partition coefficient (Wildman–Crippen LogP) is 4.12. The van der Waals surface area contributed by atoms with Crippen LogP contribution in [0.2, 0.25) is 0 Å². The van der Waals surface area contributed by atoms with Crippen LogP contribution in [0.5, 0.6) is 11.9 Å². The van der Waals surface area contributed by atoms with Crippen molar-refractivity contribution in [2.24, 2.45) is 0 Å². The Morgan fingerprint density at radius 1 is 1.16 bits per heavy atom. The van der Waals surface area contributed by atoms with Crippen molar-refractivity contribution >= 4 is 22.5 Å². The summed E-state index contributed by atoms with van der Waals surface area (Å²) in [5.74, 6) is -1.16. The van der Waals surface area contributed by atoms with Gasteiger partial charge in [0.25, 0.3) is 0 Å². The third kappa shape index (κ3) is 4.75. The van der Waals surface area contributed by atoms with Gasteiger partial charge in [-0.15, -0.1) is 0 Å². The van der Waals surface area contributed by atoms with Gasteiger partial charge in [-0.1, -0.05) is 6.92 Å². The lowest BCUT2D eigenvalue weighted by atomic mass is 9.95. The summed E-state index contributed by atoms with van der Waals surface area (Å²) in [6.07, 6.45) is -3.58. The summed E-state index contributed by atoms with van der Waals surface area (Å²) in [5, 5.41) is 3.62. The molecule has 7 rings (SSSR count). The highest BCUT2D eigenvalue weighted by Crippen LogP contribution is 2.45. The monoisotopic (exact) mass is 620 g/mol. The SMILES string of the molecule is CC[C@@H]1CN2c3nc(OC[C@@]45CCCN4C[C@H](F)C5)nc4c(F)c(-c5nc(N)ccc5C(F)(F)F)nc(c34)O[C@@H](C)[C@@H]2CN1. The number of pyridine rings is 2. The first-order chi connectivity index (χ1) is 21.0. The molecule has 15 heteroatoms. The van der Waals surface area contributed by atoms with E-state index in [0.29, 0.717) is 31.9 Å². The molecule has 0 bridgehead atoms. The molecule has 3 aromatic heterocycles. The zero-order chi connectivity index (χ0) is 31.0. The Morgan fingerprint density at radius 3 is 2.75 bits per heavy atom. The van der Waals surface area contributed by atoms with Gasteiger partial charge in [0.1, 0.15) is 52.8 Å². The second-order valence-electron chi connectivity index (χ2n) is 12.2. The van der Waals surface area contributed by atoms with Gasteiger partial charge < -0.3 is 25.4 Å². The largest absolute Gasteiger partial charge is 0.472 e. The minimum Gasteiger partial charge on any atom is -0.472 e. The maximum absolute atomic E-state index is 16.6. The number of ether oxygens (including phenoxy) is 2. The van der Waals surface area contributed by atoms with E-state index in [9.17, 15) is 17.6 Å². The zero-order valence-corrected chi connectivity index (χ0v) is 24.3. The fourth-order valence-electron chi connectivity index (χ4n) is 7.17. The van der Waals surface area contributed by atoms with E-state index in [2.05, 4.69) is 25.2 Å². The Balaban J connectivity index is 1.41. The molecule has 4 aliphatic heterocycles. The van der Waals surface area contributed by atoms with Crippen LogP contribution in [-0.2, 0) is 6.18 Å². The van der Waals surface area contributed by atoms with Gasteiger partial charge in [-0.25, -0.2) is 18.7 Å². The lowest BCUT2D eigenvalue weighted by molar-refractivity contribution is -0.137. The Kier molecular flexibility index (Phi) is 6.95. The summed E-state index contributed by atoms with van der Waals surface area (Å²) in [7, 11) is 0. The first kappa shape index (κ1) is 29.1. The van der Waals surface area contributed by atoms with Gasteiger partial charge >= 0.3 is 12.2 Å². The van der Waals surface area contributed by atoms with E-state index in [1.807, 2.05) is 18.7 Å². The number of hydrogen-bond donors (Lipinski definition) is 2. The molecule has 44 heavy (non-hydrogen) atoms. The number of piperazine rings is 1. The fraction of sp³-hybridized carbons (Fsp3) is 0.586. The molecule has 0 saturated carbocycles. The first-order valence-corrected chi connectivity index (χ1v) is 14.9. The Labute approximate surface area is 250 Å². The first-order valence-electron chi connectivity index (χ1n) is 14.9. The van der Waals surface area contributed by atoms with Gasteiger partial charge in [-0.3, -0.25) is 4.90 Å². The van der Waals surface area contributed by atoms with E-state index in [1.165, 1.54) is 0 Å². The van der Waals surface area contributed by atoms with Gasteiger partial charge in [-0.05, 0) is 44.9 Å². The van der Waals surface area contributed by atoms with Crippen molar-refractivity contribution in [2.45, 2.75) is 75.6 Å². The molecule has 0 unspecified atom stereocenters. The van der Waals surface area contributed by atoms with Crippen molar-refractivity contribution in [1.82, 2.24) is 30.2 Å². The predicted molar refractivity (Wildman–Crippen MR) is 152 cm³/mol. The highest BCUT2D eigenvalue weighted by molar-refractivity contribution is 5.97.